The smallest absolute Gasteiger partial charge is 0.0166 e. The maximum atomic E-state index is 2.39. The highest BCUT2D eigenvalue weighted by Crippen LogP contribution is 2.01. The van der Waals surface area contributed by atoms with Crippen molar-refractivity contribution >= 4 is 6.08 Å². The zero-order valence-corrected chi connectivity index (χ0v) is 9.11. The van der Waals surface area contributed by atoms with E-state index in [1.165, 1.54) is 5.56 Å². The normalized spacial score (nSPS) is 11.4. The van der Waals surface area contributed by atoms with Gasteiger partial charge in [-0.1, -0.05) is 56.3 Å². The molecule has 0 amide bonds. The summed E-state index contributed by atoms with van der Waals surface area (Å²) in [6, 6.07) is 10.4. The number of nitrogens with zero attached hydrogens (tertiary/aromatic N) is 1. The van der Waals surface area contributed by atoms with Gasteiger partial charge in [0.1, 0.15) is 0 Å². The molecule has 1 rings (SSSR count). The number of hydrogen-bond acceptors (Lipinski definition) is 1. The molecule has 1 aromatic carbocycles. The van der Waals surface area contributed by atoms with E-state index >= 15 is 0 Å². The SMILES string of the molecule is CCN(CC)CC=Cc1ccccc1. The molecule has 0 aliphatic heterocycles. The van der Waals surface area contributed by atoms with Crippen LogP contribution in [-0.4, -0.2) is 24.5 Å². The molecule has 0 radical (unpaired) electrons. The van der Waals surface area contributed by atoms with E-state index in [-0.39, 0.29) is 0 Å². The van der Waals surface area contributed by atoms with Gasteiger partial charge in [0.15, 0.2) is 0 Å². The summed E-state index contributed by atoms with van der Waals surface area (Å²) in [7, 11) is 0. The molecule has 1 nitrogen and oxygen atoms in total. The second-order valence-electron chi connectivity index (χ2n) is 3.30. The zero-order chi connectivity index (χ0) is 10.2. The number of likely N-dealkylation sites (N-methyl/N-ethyl adjacent to an activating group) is 1. The summed E-state index contributed by atoms with van der Waals surface area (Å²) in [4.78, 5) is 2.39. The maximum absolute atomic E-state index is 2.39. The lowest BCUT2D eigenvalue weighted by molar-refractivity contribution is 0.338. The molecule has 0 saturated carbocycles. The zero-order valence-electron chi connectivity index (χ0n) is 9.11. The number of rotatable bonds is 5. The molecule has 0 N–H and O–H groups in total. The van der Waals surface area contributed by atoms with Crippen LogP contribution in [0.25, 0.3) is 6.08 Å². The van der Waals surface area contributed by atoms with Crippen LogP contribution >= 0.6 is 0 Å². The van der Waals surface area contributed by atoms with Gasteiger partial charge in [-0.2, -0.15) is 0 Å². The van der Waals surface area contributed by atoms with Gasteiger partial charge in [0.25, 0.3) is 0 Å². The van der Waals surface area contributed by atoms with Crippen LogP contribution < -0.4 is 0 Å². The van der Waals surface area contributed by atoms with Gasteiger partial charge in [0.2, 0.25) is 0 Å². The first-order valence-corrected chi connectivity index (χ1v) is 5.30. The Hall–Kier alpha value is -1.08. The van der Waals surface area contributed by atoms with E-state index in [0.717, 1.165) is 19.6 Å². The van der Waals surface area contributed by atoms with E-state index in [2.05, 4.69) is 55.2 Å². The van der Waals surface area contributed by atoms with Gasteiger partial charge >= 0.3 is 0 Å². The van der Waals surface area contributed by atoms with Gasteiger partial charge in [-0.05, 0) is 18.7 Å². The van der Waals surface area contributed by atoms with E-state index in [0.29, 0.717) is 0 Å². The van der Waals surface area contributed by atoms with E-state index < -0.39 is 0 Å². The van der Waals surface area contributed by atoms with Gasteiger partial charge in [-0.15, -0.1) is 0 Å². The van der Waals surface area contributed by atoms with Crippen molar-refractivity contribution in [3.63, 3.8) is 0 Å². The minimum absolute atomic E-state index is 1.04. The Morgan fingerprint density at radius 3 is 2.29 bits per heavy atom. The monoisotopic (exact) mass is 189 g/mol. The molecule has 0 aliphatic rings. The van der Waals surface area contributed by atoms with Crippen LogP contribution in [0.15, 0.2) is 36.4 Å². The minimum atomic E-state index is 1.04. The van der Waals surface area contributed by atoms with Crippen molar-refractivity contribution < 1.29 is 0 Å². The van der Waals surface area contributed by atoms with Crippen LogP contribution in [0.4, 0.5) is 0 Å². The Kier molecular flexibility index (Phi) is 5.02. The van der Waals surface area contributed by atoms with E-state index in [1.807, 2.05) is 6.07 Å². The van der Waals surface area contributed by atoms with E-state index in [4.69, 9.17) is 0 Å². The van der Waals surface area contributed by atoms with Crippen molar-refractivity contribution in [2.75, 3.05) is 19.6 Å². The average Bonchev–Trinajstić information content (AvgIpc) is 2.26. The summed E-state index contributed by atoms with van der Waals surface area (Å²) in [5.41, 5.74) is 1.28. The third-order valence-electron chi connectivity index (χ3n) is 2.37. The molecule has 0 aliphatic carbocycles. The highest BCUT2D eigenvalue weighted by molar-refractivity contribution is 5.48. The molecule has 14 heavy (non-hydrogen) atoms. The molecule has 1 heteroatoms. The molecule has 0 unspecified atom stereocenters. The molecule has 0 aromatic heterocycles. The molecule has 0 atom stereocenters. The quantitative estimate of drug-likeness (QED) is 0.688. The van der Waals surface area contributed by atoms with Gasteiger partial charge < -0.3 is 4.90 Å². The van der Waals surface area contributed by atoms with Crippen LogP contribution in [0.5, 0.6) is 0 Å². The van der Waals surface area contributed by atoms with Crippen LogP contribution in [0.1, 0.15) is 19.4 Å². The van der Waals surface area contributed by atoms with Crippen LogP contribution in [0.2, 0.25) is 0 Å². The first-order valence-electron chi connectivity index (χ1n) is 5.30. The standard InChI is InChI=1S/C13H19N/c1-3-14(4-2)12-8-11-13-9-6-5-7-10-13/h5-11H,3-4,12H2,1-2H3. The Labute approximate surface area is 87.1 Å². The van der Waals surface area contributed by atoms with Crippen LogP contribution in [0.3, 0.4) is 0 Å². The van der Waals surface area contributed by atoms with Crippen molar-refractivity contribution in [2.45, 2.75) is 13.8 Å². The molecular weight excluding hydrogens is 170 g/mol. The van der Waals surface area contributed by atoms with Crippen molar-refractivity contribution in [2.24, 2.45) is 0 Å². The lowest BCUT2D eigenvalue weighted by Gasteiger charge is -2.14. The summed E-state index contributed by atoms with van der Waals surface area (Å²) in [5.74, 6) is 0. The second kappa shape index (κ2) is 6.39. The Morgan fingerprint density at radius 2 is 1.71 bits per heavy atom. The fraction of sp³-hybridized carbons (Fsp3) is 0.385. The molecule has 0 spiro atoms. The minimum Gasteiger partial charge on any atom is -0.300 e. The highest BCUT2D eigenvalue weighted by atomic mass is 15.1. The fourth-order valence-corrected chi connectivity index (χ4v) is 1.38. The summed E-state index contributed by atoms with van der Waals surface area (Å²) in [6.07, 6.45) is 4.40. The van der Waals surface area contributed by atoms with Gasteiger partial charge in [-0.25, -0.2) is 0 Å². The summed E-state index contributed by atoms with van der Waals surface area (Å²) < 4.78 is 0. The Balaban J connectivity index is 2.41. The van der Waals surface area contributed by atoms with Crippen molar-refractivity contribution in [3.8, 4) is 0 Å². The average molecular weight is 189 g/mol. The second-order valence-corrected chi connectivity index (χ2v) is 3.30. The Morgan fingerprint density at radius 1 is 1.07 bits per heavy atom. The molecular formula is C13H19N. The summed E-state index contributed by atoms with van der Waals surface area (Å²) in [6.45, 7) is 7.67. The van der Waals surface area contributed by atoms with Crippen LogP contribution in [-0.2, 0) is 0 Å². The van der Waals surface area contributed by atoms with E-state index in [1.54, 1.807) is 0 Å². The highest BCUT2D eigenvalue weighted by Gasteiger charge is 1.93. The predicted octanol–water partition coefficient (Wildman–Crippen LogP) is 3.04. The van der Waals surface area contributed by atoms with Gasteiger partial charge in [0, 0.05) is 6.54 Å². The first kappa shape index (κ1) is 11.0. The fourth-order valence-electron chi connectivity index (χ4n) is 1.38. The Bertz CT molecular complexity index is 260. The number of hydrogen-bond donors (Lipinski definition) is 0. The van der Waals surface area contributed by atoms with Gasteiger partial charge in [-0.3, -0.25) is 0 Å². The third kappa shape index (κ3) is 3.75. The summed E-state index contributed by atoms with van der Waals surface area (Å²) in [5, 5.41) is 0. The lowest BCUT2D eigenvalue weighted by Crippen LogP contribution is -2.22. The van der Waals surface area contributed by atoms with Crippen molar-refractivity contribution in [3.05, 3.63) is 42.0 Å². The molecule has 0 fully saturated rings. The number of benzene rings is 1. The third-order valence-corrected chi connectivity index (χ3v) is 2.37. The van der Waals surface area contributed by atoms with Crippen molar-refractivity contribution in [1.29, 1.82) is 0 Å². The first-order chi connectivity index (χ1) is 6.86. The topological polar surface area (TPSA) is 3.24 Å². The molecule has 0 heterocycles. The maximum Gasteiger partial charge on any atom is 0.0166 e. The molecule has 1 aromatic rings. The van der Waals surface area contributed by atoms with E-state index in [9.17, 15) is 0 Å². The molecule has 0 saturated heterocycles. The predicted molar refractivity (Wildman–Crippen MR) is 63.3 cm³/mol. The van der Waals surface area contributed by atoms with Gasteiger partial charge in [0.05, 0.1) is 0 Å². The largest absolute Gasteiger partial charge is 0.300 e. The lowest BCUT2D eigenvalue weighted by atomic mass is 10.2. The van der Waals surface area contributed by atoms with Crippen LogP contribution in [0, 0.1) is 0 Å². The molecule has 0 bridgehead atoms. The summed E-state index contributed by atoms with van der Waals surface area (Å²) >= 11 is 0. The molecule has 76 valence electrons. The van der Waals surface area contributed by atoms with Crippen molar-refractivity contribution in [1.82, 2.24) is 4.90 Å².